The van der Waals surface area contributed by atoms with E-state index in [1.165, 1.54) is 44.9 Å². The van der Waals surface area contributed by atoms with Gasteiger partial charge in [-0.15, -0.1) is 0 Å². The van der Waals surface area contributed by atoms with Crippen molar-refractivity contribution < 1.29 is 9.47 Å². The van der Waals surface area contributed by atoms with Gasteiger partial charge in [0.2, 0.25) is 0 Å². The van der Waals surface area contributed by atoms with Crippen LogP contribution < -0.4 is 0 Å². The molecule has 1 saturated heterocycles. The average molecular weight is 252 g/mol. The standard InChI is InChI=1S/C16H28O2/c1-13-2-4-14(5-3-13)12-15-6-8-16(9-7-15)17-10-11-18-16/h13-15H,2-12H2,1H3. The number of rotatable bonds is 2. The molecule has 1 spiro atoms. The van der Waals surface area contributed by atoms with Crippen LogP contribution in [0.1, 0.15) is 64.7 Å². The maximum atomic E-state index is 5.81. The van der Waals surface area contributed by atoms with E-state index >= 15 is 0 Å². The third kappa shape index (κ3) is 2.91. The Labute approximate surface area is 111 Å². The second kappa shape index (κ2) is 5.50. The summed E-state index contributed by atoms with van der Waals surface area (Å²) in [5.74, 6) is 2.79. The van der Waals surface area contributed by atoms with Crippen molar-refractivity contribution in [1.82, 2.24) is 0 Å². The molecular formula is C16H28O2. The second-order valence-corrected chi connectivity index (χ2v) is 6.91. The van der Waals surface area contributed by atoms with E-state index in [2.05, 4.69) is 6.92 Å². The molecule has 0 atom stereocenters. The summed E-state index contributed by atoms with van der Waals surface area (Å²) >= 11 is 0. The van der Waals surface area contributed by atoms with Crippen LogP contribution in [-0.4, -0.2) is 19.0 Å². The van der Waals surface area contributed by atoms with Crippen LogP contribution in [0.15, 0.2) is 0 Å². The molecule has 3 aliphatic rings. The molecule has 0 aromatic heterocycles. The summed E-state index contributed by atoms with van der Waals surface area (Å²) in [6.07, 6.45) is 12.3. The molecule has 3 fully saturated rings. The molecule has 2 saturated carbocycles. The Morgan fingerprint density at radius 1 is 0.833 bits per heavy atom. The summed E-state index contributed by atoms with van der Waals surface area (Å²) in [7, 11) is 0. The zero-order chi connectivity index (χ0) is 12.4. The van der Waals surface area contributed by atoms with Crippen LogP contribution in [0, 0.1) is 17.8 Å². The van der Waals surface area contributed by atoms with Crippen molar-refractivity contribution >= 4 is 0 Å². The number of ether oxygens (including phenoxy) is 2. The lowest BCUT2D eigenvalue weighted by Crippen LogP contribution is -2.35. The Morgan fingerprint density at radius 2 is 1.39 bits per heavy atom. The maximum absolute atomic E-state index is 5.81. The summed E-state index contributed by atoms with van der Waals surface area (Å²) in [6.45, 7) is 4.03. The van der Waals surface area contributed by atoms with Crippen molar-refractivity contribution in [1.29, 1.82) is 0 Å². The van der Waals surface area contributed by atoms with Crippen molar-refractivity contribution in [3.05, 3.63) is 0 Å². The number of hydrogen-bond acceptors (Lipinski definition) is 2. The first-order chi connectivity index (χ1) is 8.76. The lowest BCUT2D eigenvalue weighted by molar-refractivity contribution is -0.183. The van der Waals surface area contributed by atoms with Crippen LogP contribution >= 0.6 is 0 Å². The molecule has 1 heterocycles. The van der Waals surface area contributed by atoms with E-state index in [-0.39, 0.29) is 5.79 Å². The monoisotopic (exact) mass is 252 g/mol. The molecule has 3 rings (SSSR count). The molecule has 0 N–H and O–H groups in total. The summed E-state index contributed by atoms with van der Waals surface area (Å²) in [5, 5.41) is 0. The van der Waals surface area contributed by atoms with Gasteiger partial charge in [0.05, 0.1) is 13.2 Å². The van der Waals surface area contributed by atoms with Gasteiger partial charge in [-0.05, 0) is 37.0 Å². The van der Waals surface area contributed by atoms with Crippen molar-refractivity contribution in [2.75, 3.05) is 13.2 Å². The highest BCUT2D eigenvalue weighted by molar-refractivity contribution is 4.84. The average Bonchev–Trinajstić information content (AvgIpc) is 2.84. The van der Waals surface area contributed by atoms with Crippen molar-refractivity contribution in [3.63, 3.8) is 0 Å². The fraction of sp³-hybridized carbons (Fsp3) is 1.00. The summed E-state index contributed by atoms with van der Waals surface area (Å²) < 4.78 is 11.6. The normalized spacial score (nSPS) is 37.2. The topological polar surface area (TPSA) is 18.5 Å². The van der Waals surface area contributed by atoms with Gasteiger partial charge in [0.25, 0.3) is 0 Å². The molecule has 0 radical (unpaired) electrons. The summed E-state index contributed by atoms with van der Waals surface area (Å²) in [5.41, 5.74) is 0. The molecular weight excluding hydrogens is 224 g/mol. The van der Waals surface area contributed by atoms with Gasteiger partial charge < -0.3 is 9.47 Å². The predicted molar refractivity (Wildman–Crippen MR) is 72.3 cm³/mol. The van der Waals surface area contributed by atoms with E-state index in [1.54, 1.807) is 0 Å². The molecule has 0 aromatic carbocycles. The Bertz CT molecular complexity index is 252. The molecule has 18 heavy (non-hydrogen) atoms. The first-order valence-electron chi connectivity index (χ1n) is 8.04. The Hall–Kier alpha value is -0.0800. The lowest BCUT2D eigenvalue weighted by atomic mass is 9.74. The van der Waals surface area contributed by atoms with Gasteiger partial charge in [-0.1, -0.05) is 32.6 Å². The van der Waals surface area contributed by atoms with Crippen LogP contribution in [0.4, 0.5) is 0 Å². The highest BCUT2D eigenvalue weighted by Crippen LogP contribution is 2.42. The molecule has 0 bridgehead atoms. The van der Waals surface area contributed by atoms with Gasteiger partial charge >= 0.3 is 0 Å². The van der Waals surface area contributed by atoms with E-state index in [0.717, 1.165) is 43.8 Å². The largest absolute Gasteiger partial charge is 0.348 e. The zero-order valence-corrected chi connectivity index (χ0v) is 11.8. The molecule has 104 valence electrons. The fourth-order valence-corrected chi connectivity index (χ4v) is 4.18. The van der Waals surface area contributed by atoms with E-state index < -0.39 is 0 Å². The van der Waals surface area contributed by atoms with Gasteiger partial charge in [-0.25, -0.2) is 0 Å². The highest BCUT2D eigenvalue weighted by Gasteiger charge is 2.40. The third-order valence-corrected chi connectivity index (χ3v) is 5.48. The maximum Gasteiger partial charge on any atom is 0.168 e. The van der Waals surface area contributed by atoms with Gasteiger partial charge in [0.15, 0.2) is 5.79 Å². The second-order valence-electron chi connectivity index (χ2n) is 6.91. The Balaban J connectivity index is 1.42. The molecule has 0 aromatic rings. The van der Waals surface area contributed by atoms with Crippen molar-refractivity contribution in [2.24, 2.45) is 17.8 Å². The zero-order valence-electron chi connectivity index (χ0n) is 11.8. The van der Waals surface area contributed by atoms with E-state index in [4.69, 9.17) is 9.47 Å². The van der Waals surface area contributed by atoms with Crippen molar-refractivity contribution in [2.45, 2.75) is 70.5 Å². The van der Waals surface area contributed by atoms with Crippen LogP contribution in [-0.2, 0) is 9.47 Å². The van der Waals surface area contributed by atoms with E-state index in [9.17, 15) is 0 Å². The molecule has 2 aliphatic carbocycles. The highest BCUT2D eigenvalue weighted by atomic mass is 16.7. The van der Waals surface area contributed by atoms with Gasteiger partial charge in [-0.3, -0.25) is 0 Å². The predicted octanol–water partition coefficient (Wildman–Crippen LogP) is 4.14. The van der Waals surface area contributed by atoms with Crippen LogP contribution in [0.3, 0.4) is 0 Å². The minimum Gasteiger partial charge on any atom is -0.348 e. The van der Waals surface area contributed by atoms with Crippen molar-refractivity contribution in [3.8, 4) is 0 Å². The fourth-order valence-electron chi connectivity index (χ4n) is 4.18. The summed E-state index contributed by atoms with van der Waals surface area (Å²) in [6, 6.07) is 0. The number of hydrogen-bond donors (Lipinski definition) is 0. The molecule has 2 nitrogen and oxygen atoms in total. The lowest BCUT2D eigenvalue weighted by Gasteiger charge is -2.37. The first kappa shape index (κ1) is 12.9. The van der Waals surface area contributed by atoms with E-state index in [0.29, 0.717) is 0 Å². The van der Waals surface area contributed by atoms with Gasteiger partial charge in [-0.2, -0.15) is 0 Å². The quantitative estimate of drug-likeness (QED) is 0.735. The molecule has 0 amide bonds. The minimum atomic E-state index is -0.155. The van der Waals surface area contributed by atoms with Gasteiger partial charge in [0, 0.05) is 12.8 Å². The smallest absolute Gasteiger partial charge is 0.168 e. The van der Waals surface area contributed by atoms with Gasteiger partial charge in [0.1, 0.15) is 0 Å². The van der Waals surface area contributed by atoms with Crippen LogP contribution in [0.25, 0.3) is 0 Å². The van der Waals surface area contributed by atoms with Crippen LogP contribution in [0.2, 0.25) is 0 Å². The molecule has 2 heteroatoms. The minimum absolute atomic E-state index is 0.155. The summed E-state index contributed by atoms with van der Waals surface area (Å²) in [4.78, 5) is 0. The third-order valence-electron chi connectivity index (χ3n) is 5.48. The van der Waals surface area contributed by atoms with E-state index in [1.807, 2.05) is 0 Å². The first-order valence-corrected chi connectivity index (χ1v) is 8.04. The van der Waals surface area contributed by atoms with Crippen LogP contribution in [0.5, 0.6) is 0 Å². The Kier molecular flexibility index (Phi) is 3.95. The molecule has 1 aliphatic heterocycles. The Morgan fingerprint density at radius 3 is 2.00 bits per heavy atom. The molecule has 0 unspecified atom stereocenters. The SMILES string of the molecule is CC1CCC(CC2CCC3(CC2)OCCO3)CC1.